The van der Waals surface area contributed by atoms with Crippen LogP contribution in [0.15, 0.2) is 24.4 Å². The van der Waals surface area contributed by atoms with Crippen molar-refractivity contribution >= 4 is 23.2 Å². The molecule has 1 fully saturated rings. The minimum Gasteiger partial charge on any atom is -0.328 e. The SMILES string of the molecule is CC(=O)Nc1ccc(C)cc1NC(=O)c1cn(C2CCC(N)CC2)nn1. The predicted molar refractivity (Wildman–Crippen MR) is 98.9 cm³/mol. The molecule has 0 unspecified atom stereocenters. The quantitative estimate of drug-likeness (QED) is 0.777. The lowest BCUT2D eigenvalue weighted by Gasteiger charge is -2.25. The van der Waals surface area contributed by atoms with Gasteiger partial charge in [-0.05, 0) is 50.3 Å². The third-order valence-electron chi connectivity index (χ3n) is 4.59. The number of rotatable bonds is 4. The van der Waals surface area contributed by atoms with Gasteiger partial charge in [-0.25, -0.2) is 4.68 Å². The number of hydrogen-bond donors (Lipinski definition) is 3. The summed E-state index contributed by atoms with van der Waals surface area (Å²) >= 11 is 0. The first-order chi connectivity index (χ1) is 12.4. The van der Waals surface area contributed by atoms with Crippen molar-refractivity contribution in [1.82, 2.24) is 15.0 Å². The zero-order chi connectivity index (χ0) is 18.7. The molecule has 2 amide bonds. The Kier molecular flexibility index (Phi) is 5.32. The number of nitrogens with one attached hydrogen (secondary N) is 2. The zero-order valence-corrected chi connectivity index (χ0v) is 15.0. The maximum Gasteiger partial charge on any atom is 0.277 e. The fourth-order valence-electron chi connectivity index (χ4n) is 3.17. The topological polar surface area (TPSA) is 115 Å². The second-order valence-corrected chi connectivity index (χ2v) is 6.84. The van der Waals surface area contributed by atoms with Gasteiger partial charge in [0, 0.05) is 13.0 Å². The van der Waals surface area contributed by atoms with Crippen molar-refractivity contribution in [3.63, 3.8) is 0 Å². The molecule has 3 rings (SSSR count). The molecule has 0 bridgehead atoms. The molecule has 1 aromatic carbocycles. The Hall–Kier alpha value is -2.74. The molecule has 0 saturated heterocycles. The maximum absolute atomic E-state index is 12.6. The lowest BCUT2D eigenvalue weighted by Crippen LogP contribution is -2.28. The minimum absolute atomic E-state index is 0.203. The van der Waals surface area contributed by atoms with E-state index in [4.69, 9.17) is 5.73 Å². The molecule has 1 aromatic heterocycles. The van der Waals surface area contributed by atoms with Crippen LogP contribution in [-0.4, -0.2) is 32.9 Å². The number of hydrogen-bond acceptors (Lipinski definition) is 5. The van der Waals surface area contributed by atoms with Gasteiger partial charge in [0.2, 0.25) is 5.91 Å². The van der Waals surface area contributed by atoms with Crippen molar-refractivity contribution in [1.29, 1.82) is 0 Å². The number of aryl methyl sites for hydroxylation is 1. The van der Waals surface area contributed by atoms with Gasteiger partial charge >= 0.3 is 0 Å². The second kappa shape index (κ2) is 7.65. The lowest BCUT2D eigenvalue weighted by atomic mass is 9.92. The number of benzene rings is 1. The molecule has 4 N–H and O–H groups in total. The van der Waals surface area contributed by atoms with Crippen LogP contribution in [0.1, 0.15) is 54.7 Å². The summed E-state index contributed by atoms with van der Waals surface area (Å²) in [7, 11) is 0. The highest BCUT2D eigenvalue weighted by Crippen LogP contribution is 2.27. The van der Waals surface area contributed by atoms with Gasteiger partial charge in [-0.15, -0.1) is 5.10 Å². The van der Waals surface area contributed by atoms with Crippen LogP contribution < -0.4 is 16.4 Å². The summed E-state index contributed by atoms with van der Waals surface area (Å²) in [5, 5.41) is 13.6. The molecule has 1 aliphatic carbocycles. The van der Waals surface area contributed by atoms with Gasteiger partial charge in [0.25, 0.3) is 5.91 Å². The number of anilines is 2. The standard InChI is InChI=1S/C18H24N6O2/c1-11-3-8-15(20-12(2)25)16(9-11)21-18(26)17-10-24(23-22-17)14-6-4-13(19)5-7-14/h3,8-10,13-14H,4-7,19H2,1-2H3,(H,20,25)(H,21,26). The molecule has 0 spiro atoms. The summed E-state index contributed by atoms with van der Waals surface area (Å²) in [5.74, 6) is -0.563. The van der Waals surface area contributed by atoms with E-state index in [0.717, 1.165) is 31.2 Å². The highest BCUT2D eigenvalue weighted by atomic mass is 16.2. The van der Waals surface area contributed by atoms with Crippen LogP contribution in [0.5, 0.6) is 0 Å². The summed E-state index contributed by atoms with van der Waals surface area (Å²) < 4.78 is 1.76. The number of nitrogens with two attached hydrogens (primary N) is 1. The Morgan fingerprint density at radius 3 is 2.58 bits per heavy atom. The van der Waals surface area contributed by atoms with Gasteiger partial charge < -0.3 is 16.4 Å². The number of amides is 2. The molecular weight excluding hydrogens is 332 g/mol. The molecular formula is C18H24N6O2. The second-order valence-electron chi connectivity index (χ2n) is 6.84. The number of aromatic nitrogens is 3. The van der Waals surface area contributed by atoms with Crippen LogP contribution in [0.4, 0.5) is 11.4 Å². The Labute approximate surface area is 152 Å². The predicted octanol–water partition coefficient (Wildman–Crippen LogP) is 2.24. The first-order valence-electron chi connectivity index (χ1n) is 8.79. The van der Waals surface area contributed by atoms with Gasteiger partial charge in [0.15, 0.2) is 5.69 Å². The van der Waals surface area contributed by atoms with Gasteiger partial charge in [0.1, 0.15) is 0 Å². The van der Waals surface area contributed by atoms with E-state index in [9.17, 15) is 9.59 Å². The Balaban J connectivity index is 1.73. The summed E-state index contributed by atoms with van der Waals surface area (Å²) in [5.41, 5.74) is 8.23. The summed E-state index contributed by atoms with van der Waals surface area (Å²) in [6, 6.07) is 5.92. The molecule has 1 saturated carbocycles. The normalized spacial score (nSPS) is 19.8. The molecule has 2 aromatic rings. The molecule has 0 radical (unpaired) electrons. The summed E-state index contributed by atoms with van der Waals surface area (Å²) in [4.78, 5) is 23.9. The van der Waals surface area contributed by atoms with Crippen LogP contribution in [0, 0.1) is 6.92 Å². The fourth-order valence-corrected chi connectivity index (χ4v) is 3.17. The smallest absolute Gasteiger partial charge is 0.277 e. The van der Waals surface area contributed by atoms with Crippen molar-refractivity contribution in [2.45, 2.75) is 51.6 Å². The van der Waals surface area contributed by atoms with E-state index in [2.05, 4.69) is 20.9 Å². The van der Waals surface area contributed by atoms with E-state index >= 15 is 0 Å². The van der Waals surface area contributed by atoms with Gasteiger partial charge in [-0.3, -0.25) is 9.59 Å². The molecule has 138 valence electrons. The Morgan fingerprint density at radius 1 is 1.15 bits per heavy atom. The largest absolute Gasteiger partial charge is 0.328 e. The lowest BCUT2D eigenvalue weighted by molar-refractivity contribution is -0.114. The molecule has 26 heavy (non-hydrogen) atoms. The maximum atomic E-state index is 12.6. The third kappa shape index (κ3) is 4.26. The van der Waals surface area contributed by atoms with E-state index in [1.807, 2.05) is 13.0 Å². The molecule has 1 aliphatic rings. The monoisotopic (exact) mass is 356 g/mol. The van der Waals surface area contributed by atoms with Crippen molar-refractivity contribution < 1.29 is 9.59 Å². The number of carbonyl (C=O) groups is 2. The van der Waals surface area contributed by atoms with Crippen LogP contribution in [0.3, 0.4) is 0 Å². The highest BCUT2D eigenvalue weighted by molar-refractivity contribution is 6.05. The third-order valence-corrected chi connectivity index (χ3v) is 4.59. The van der Waals surface area contributed by atoms with Crippen LogP contribution in [-0.2, 0) is 4.79 Å². The van der Waals surface area contributed by atoms with E-state index in [0.29, 0.717) is 11.4 Å². The summed E-state index contributed by atoms with van der Waals surface area (Å²) in [6.45, 7) is 3.34. The van der Waals surface area contributed by atoms with Crippen molar-refractivity contribution in [3.8, 4) is 0 Å². The minimum atomic E-state index is -0.360. The zero-order valence-electron chi connectivity index (χ0n) is 15.0. The van der Waals surface area contributed by atoms with Crippen molar-refractivity contribution in [2.24, 2.45) is 5.73 Å². The van der Waals surface area contributed by atoms with Gasteiger partial charge in [0.05, 0.1) is 23.6 Å². The van der Waals surface area contributed by atoms with Crippen LogP contribution in [0.2, 0.25) is 0 Å². The molecule has 0 atom stereocenters. The first-order valence-corrected chi connectivity index (χ1v) is 8.79. The van der Waals surface area contributed by atoms with Gasteiger partial charge in [-0.1, -0.05) is 11.3 Å². The van der Waals surface area contributed by atoms with E-state index in [1.165, 1.54) is 6.92 Å². The van der Waals surface area contributed by atoms with Gasteiger partial charge in [-0.2, -0.15) is 0 Å². The molecule has 1 heterocycles. The van der Waals surface area contributed by atoms with E-state index < -0.39 is 0 Å². The average Bonchev–Trinajstić information content (AvgIpc) is 3.08. The van der Waals surface area contributed by atoms with Crippen LogP contribution >= 0.6 is 0 Å². The first kappa shape index (κ1) is 18.1. The number of carbonyl (C=O) groups excluding carboxylic acids is 2. The summed E-state index contributed by atoms with van der Waals surface area (Å²) in [6.07, 6.45) is 5.46. The molecule has 8 heteroatoms. The molecule has 0 aliphatic heterocycles. The van der Waals surface area contributed by atoms with Crippen LogP contribution in [0.25, 0.3) is 0 Å². The van der Waals surface area contributed by atoms with Crippen molar-refractivity contribution in [3.05, 3.63) is 35.7 Å². The Bertz CT molecular complexity index is 808. The number of nitrogens with zero attached hydrogens (tertiary/aromatic N) is 3. The van der Waals surface area contributed by atoms with E-state index in [1.54, 1.807) is 23.0 Å². The molecule has 8 nitrogen and oxygen atoms in total. The van der Waals surface area contributed by atoms with Crippen molar-refractivity contribution in [2.75, 3.05) is 10.6 Å². The Morgan fingerprint density at radius 2 is 1.88 bits per heavy atom. The average molecular weight is 356 g/mol. The highest BCUT2D eigenvalue weighted by Gasteiger charge is 2.22. The van der Waals surface area contributed by atoms with E-state index in [-0.39, 0.29) is 29.6 Å². The fraction of sp³-hybridized carbons (Fsp3) is 0.444.